The minimum absolute atomic E-state index is 0.00995. The number of thioether (sulfide) groups is 1. The molecule has 0 N–H and O–H groups in total. The summed E-state index contributed by atoms with van der Waals surface area (Å²) in [4.78, 5) is 21.7. The standard InChI is InChI=1S/C21H21ClN4O2S/c1-15-13-16(24-28-15)14-29-20-17(5-4-8-23-20)21(27)26-11-9-25(10-12-26)19-7-3-2-6-18(19)22/h2-8,13H,9-12,14H2,1H3. The van der Waals surface area contributed by atoms with Crippen LogP contribution in [0.15, 0.2) is 58.2 Å². The van der Waals surface area contributed by atoms with E-state index in [1.807, 2.05) is 48.2 Å². The summed E-state index contributed by atoms with van der Waals surface area (Å²) in [6, 6.07) is 13.3. The lowest BCUT2D eigenvalue weighted by Gasteiger charge is -2.36. The molecule has 0 unspecified atom stereocenters. The smallest absolute Gasteiger partial charge is 0.256 e. The number of nitrogens with zero attached hydrogens (tertiary/aromatic N) is 4. The summed E-state index contributed by atoms with van der Waals surface area (Å²) in [6.45, 7) is 4.64. The number of pyridine rings is 1. The Labute approximate surface area is 178 Å². The van der Waals surface area contributed by atoms with Crippen LogP contribution in [0.1, 0.15) is 21.8 Å². The highest BCUT2D eigenvalue weighted by Gasteiger charge is 2.25. The predicted molar refractivity (Wildman–Crippen MR) is 115 cm³/mol. The maximum atomic E-state index is 13.1. The van der Waals surface area contributed by atoms with Crippen molar-refractivity contribution in [2.75, 3.05) is 31.1 Å². The highest BCUT2D eigenvalue weighted by molar-refractivity contribution is 7.98. The van der Waals surface area contributed by atoms with Crippen LogP contribution in [0.2, 0.25) is 5.02 Å². The quantitative estimate of drug-likeness (QED) is 0.565. The van der Waals surface area contributed by atoms with Gasteiger partial charge in [-0.15, -0.1) is 0 Å². The maximum Gasteiger partial charge on any atom is 0.256 e. The minimum atomic E-state index is 0.00995. The van der Waals surface area contributed by atoms with E-state index in [1.54, 1.807) is 12.3 Å². The fourth-order valence-corrected chi connectivity index (χ4v) is 4.45. The molecule has 0 aliphatic carbocycles. The summed E-state index contributed by atoms with van der Waals surface area (Å²) < 4.78 is 5.11. The topological polar surface area (TPSA) is 62.5 Å². The number of anilines is 1. The van der Waals surface area contributed by atoms with Gasteiger partial charge in [-0.25, -0.2) is 4.98 Å². The molecule has 0 spiro atoms. The van der Waals surface area contributed by atoms with E-state index < -0.39 is 0 Å². The molecular weight excluding hydrogens is 408 g/mol. The van der Waals surface area contributed by atoms with Crippen LogP contribution in [0, 0.1) is 6.92 Å². The van der Waals surface area contributed by atoms with Crippen LogP contribution in [0.5, 0.6) is 0 Å². The molecule has 3 heterocycles. The van der Waals surface area contributed by atoms with Crippen molar-refractivity contribution in [2.45, 2.75) is 17.7 Å². The highest BCUT2D eigenvalue weighted by Crippen LogP contribution is 2.28. The molecular formula is C21H21ClN4O2S. The molecule has 8 heteroatoms. The third kappa shape index (κ3) is 4.57. The molecule has 3 aromatic rings. The summed E-state index contributed by atoms with van der Waals surface area (Å²) >= 11 is 7.81. The van der Waals surface area contributed by atoms with Crippen molar-refractivity contribution in [2.24, 2.45) is 0 Å². The van der Waals surface area contributed by atoms with E-state index in [9.17, 15) is 4.79 Å². The molecule has 6 nitrogen and oxygen atoms in total. The van der Waals surface area contributed by atoms with Crippen LogP contribution in [-0.4, -0.2) is 47.1 Å². The molecule has 1 aromatic carbocycles. The number of carbonyl (C=O) groups is 1. The Balaban J connectivity index is 1.42. The van der Waals surface area contributed by atoms with Gasteiger partial charge in [0.25, 0.3) is 5.91 Å². The molecule has 2 aromatic heterocycles. The lowest BCUT2D eigenvalue weighted by molar-refractivity contribution is 0.0742. The number of halogens is 1. The minimum Gasteiger partial charge on any atom is -0.367 e. The molecule has 0 saturated carbocycles. The van der Waals surface area contributed by atoms with E-state index in [4.69, 9.17) is 16.1 Å². The Morgan fingerprint density at radius 3 is 2.69 bits per heavy atom. The maximum absolute atomic E-state index is 13.1. The van der Waals surface area contributed by atoms with Crippen molar-refractivity contribution in [1.29, 1.82) is 0 Å². The summed E-state index contributed by atoms with van der Waals surface area (Å²) in [7, 11) is 0. The van der Waals surface area contributed by atoms with Gasteiger partial charge in [0.1, 0.15) is 10.8 Å². The van der Waals surface area contributed by atoms with E-state index in [0.717, 1.165) is 35.3 Å². The summed E-state index contributed by atoms with van der Waals surface area (Å²) in [5, 5.41) is 5.46. The molecule has 1 aliphatic rings. The number of aryl methyl sites for hydroxylation is 1. The second kappa shape index (κ2) is 8.88. The number of piperazine rings is 1. The van der Waals surface area contributed by atoms with Crippen LogP contribution in [0.25, 0.3) is 0 Å². The van der Waals surface area contributed by atoms with Gasteiger partial charge in [0.2, 0.25) is 0 Å². The normalized spacial score (nSPS) is 14.3. The van der Waals surface area contributed by atoms with E-state index in [2.05, 4.69) is 15.0 Å². The van der Waals surface area contributed by atoms with Crippen LogP contribution in [0.3, 0.4) is 0 Å². The third-order valence-corrected chi connectivity index (χ3v) is 6.15. The fourth-order valence-electron chi connectivity index (χ4n) is 3.33. The Morgan fingerprint density at radius 2 is 1.97 bits per heavy atom. The highest BCUT2D eigenvalue weighted by atomic mass is 35.5. The number of carbonyl (C=O) groups excluding carboxylic acids is 1. The van der Waals surface area contributed by atoms with E-state index >= 15 is 0 Å². The van der Waals surface area contributed by atoms with Gasteiger partial charge >= 0.3 is 0 Å². The van der Waals surface area contributed by atoms with Gasteiger partial charge in [-0.1, -0.05) is 40.7 Å². The Bertz CT molecular complexity index is 1000. The lowest BCUT2D eigenvalue weighted by Crippen LogP contribution is -2.49. The number of hydrogen-bond acceptors (Lipinski definition) is 6. The Kier molecular flexibility index (Phi) is 6.06. The van der Waals surface area contributed by atoms with Gasteiger partial charge in [-0.05, 0) is 31.2 Å². The van der Waals surface area contributed by atoms with Crippen LogP contribution in [0.4, 0.5) is 5.69 Å². The van der Waals surface area contributed by atoms with Gasteiger partial charge in [-0.3, -0.25) is 4.79 Å². The first-order chi connectivity index (χ1) is 14.1. The van der Waals surface area contributed by atoms with Crippen molar-refractivity contribution in [3.05, 3.63) is 70.7 Å². The largest absolute Gasteiger partial charge is 0.367 e. The molecule has 1 amide bonds. The van der Waals surface area contributed by atoms with Gasteiger partial charge in [0, 0.05) is 44.2 Å². The number of rotatable bonds is 5. The second-order valence-corrected chi connectivity index (χ2v) is 8.18. The average Bonchev–Trinajstić information content (AvgIpc) is 3.18. The first kappa shape index (κ1) is 19.8. The summed E-state index contributed by atoms with van der Waals surface area (Å²) in [5.41, 5.74) is 2.48. The molecule has 0 radical (unpaired) electrons. The van der Waals surface area contributed by atoms with E-state index in [-0.39, 0.29) is 5.91 Å². The van der Waals surface area contributed by atoms with Crippen LogP contribution in [-0.2, 0) is 5.75 Å². The summed E-state index contributed by atoms with van der Waals surface area (Å²) in [6.07, 6.45) is 1.71. The molecule has 150 valence electrons. The van der Waals surface area contributed by atoms with Gasteiger partial charge in [-0.2, -0.15) is 0 Å². The predicted octanol–water partition coefficient (Wildman–Crippen LogP) is 4.29. The fraction of sp³-hybridized carbons (Fsp3) is 0.286. The van der Waals surface area contributed by atoms with E-state index in [0.29, 0.717) is 29.4 Å². The van der Waals surface area contributed by atoms with Crippen molar-refractivity contribution < 1.29 is 9.32 Å². The Hall–Kier alpha value is -2.51. The number of hydrogen-bond donors (Lipinski definition) is 0. The average molecular weight is 429 g/mol. The molecule has 0 atom stereocenters. The Morgan fingerprint density at radius 1 is 1.17 bits per heavy atom. The number of amides is 1. The van der Waals surface area contributed by atoms with Crippen molar-refractivity contribution >= 4 is 35.0 Å². The van der Waals surface area contributed by atoms with Crippen molar-refractivity contribution in [3.63, 3.8) is 0 Å². The monoisotopic (exact) mass is 428 g/mol. The zero-order chi connectivity index (χ0) is 20.2. The first-order valence-electron chi connectivity index (χ1n) is 9.40. The summed E-state index contributed by atoms with van der Waals surface area (Å²) in [5.74, 6) is 1.39. The molecule has 1 saturated heterocycles. The zero-order valence-corrected chi connectivity index (χ0v) is 17.6. The van der Waals surface area contributed by atoms with Crippen LogP contribution >= 0.6 is 23.4 Å². The van der Waals surface area contributed by atoms with Crippen molar-refractivity contribution in [1.82, 2.24) is 15.0 Å². The number of para-hydroxylation sites is 1. The van der Waals surface area contributed by atoms with Gasteiger partial charge in [0.05, 0.1) is 22.0 Å². The van der Waals surface area contributed by atoms with Crippen LogP contribution < -0.4 is 4.90 Å². The SMILES string of the molecule is Cc1cc(CSc2ncccc2C(=O)N2CCN(c3ccccc3Cl)CC2)no1. The first-order valence-corrected chi connectivity index (χ1v) is 10.8. The molecule has 1 aliphatic heterocycles. The van der Waals surface area contributed by atoms with Gasteiger partial charge in [0.15, 0.2) is 0 Å². The second-order valence-electron chi connectivity index (χ2n) is 6.80. The lowest BCUT2D eigenvalue weighted by atomic mass is 10.2. The zero-order valence-electron chi connectivity index (χ0n) is 16.0. The molecule has 4 rings (SSSR count). The number of aromatic nitrogens is 2. The van der Waals surface area contributed by atoms with E-state index in [1.165, 1.54) is 11.8 Å². The molecule has 0 bridgehead atoms. The van der Waals surface area contributed by atoms with Crippen molar-refractivity contribution in [3.8, 4) is 0 Å². The number of benzene rings is 1. The third-order valence-electron chi connectivity index (χ3n) is 4.80. The molecule has 1 fully saturated rings. The van der Waals surface area contributed by atoms with Gasteiger partial charge < -0.3 is 14.3 Å². The molecule has 29 heavy (non-hydrogen) atoms.